The molecule has 0 radical (unpaired) electrons. The molecule has 1 N–H and O–H groups in total. The predicted octanol–water partition coefficient (Wildman–Crippen LogP) is 3.02. The molecule has 0 heterocycles. The number of phenols is 1. The van der Waals surface area contributed by atoms with Crippen LogP contribution in [0.15, 0.2) is 48.5 Å². The molecule has 0 aliphatic rings. The second-order valence-corrected chi connectivity index (χ2v) is 3.91. The molecule has 94 valence electrons. The van der Waals surface area contributed by atoms with Crippen molar-refractivity contribution in [1.29, 1.82) is 0 Å². The van der Waals surface area contributed by atoms with Gasteiger partial charge in [-0.2, -0.15) is 0 Å². The molecular weight excluding hydrogens is 228 g/mol. The quantitative estimate of drug-likeness (QED) is 0.878. The summed E-state index contributed by atoms with van der Waals surface area (Å²) in [4.78, 5) is 0. The summed E-state index contributed by atoms with van der Waals surface area (Å²) in [5.41, 5.74) is 0.889. The SMILES string of the molecule is COc1cccc(OCCc2ccccc2O)c1. The zero-order valence-electron chi connectivity index (χ0n) is 10.3. The smallest absolute Gasteiger partial charge is 0.122 e. The van der Waals surface area contributed by atoms with Crippen LogP contribution in [0.5, 0.6) is 17.2 Å². The fourth-order valence-electron chi connectivity index (χ4n) is 1.69. The lowest BCUT2D eigenvalue weighted by molar-refractivity contribution is 0.316. The maximum Gasteiger partial charge on any atom is 0.122 e. The van der Waals surface area contributed by atoms with Gasteiger partial charge in [0.15, 0.2) is 0 Å². The second-order valence-electron chi connectivity index (χ2n) is 3.91. The number of phenolic OH excluding ortho intramolecular Hbond substituents is 1. The lowest BCUT2D eigenvalue weighted by atomic mass is 10.1. The largest absolute Gasteiger partial charge is 0.508 e. The normalized spacial score (nSPS) is 10.1. The van der Waals surface area contributed by atoms with Crippen molar-refractivity contribution in [3.05, 3.63) is 54.1 Å². The summed E-state index contributed by atoms with van der Waals surface area (Å²) in [7, 11) is 1.63. The van der Waals surface area contributed by atoms with E-state index in [1.807, 2.05) is 42.5 Å². The van der Waals surface area contributed by atoms with Crippen LogP contribution in [-0.4, -0.2) is 18.8 Å². The van der Waals surface area contributed by atoms with Crippen molar-refractivity contribution in [2.45, 2.75) is 6.42 Å². The molecule has 0 unspecified atom stereocenters. The Balaban J connectivity index is 1.90. The number of ether oxygens (including phenoxy) is 2. The van der Waals surface area contributed by atoms with Gasteiger partial charge in [0.1, 0.15) is 17.2 Å². The number of hydrogen-bond donors (Lipinski definition) is 1. The molecule has 0 saturated carbocycles. The van der Waals surface area contributed by atoms with Crippen LogP contribution in [0, 0.1) is 0 Å². The van der Waals surface area contributed by atoms with Gasteiger partial charge in [-0.05, 0) is 23.8 Å². The Bertz CT molecular complexity index is 509. The van der Waals surface area contributed by atoms with Crippen LogP contribution >= 0.6 is 0 Å². The number of benzene rings is 2. The Morgan fingerprint density at radius 2 is 1.78 bits per heavy atom. The van der Waals surface area contributed by atoms with Crippen molar-refractivity contribution < 1.29 is 14.6 Å². The Morgan fingerprint density at radius 1 is 1.00 bits per heavy atom. The molecule has 2 aromatic rings. The van der Waals surface area contributed by atoms with Crippen molar-refractivity contribution in [2.75, 3.05) is 13.7 Å². The van der Waals surface area contributed by atoms with E-state index in [0.29, 0.717) is 18.8 Å². The van der Waals surface area contributed by atoms with Crippen molar-refractivity contribution in [1.82, 2.24) is 0 Å². The zero-order valence-corrected chi connectivity index (χ0v) is 10.3. The third-order valence-corrected chi connectivity index (χ3v) is 2.67. The summed E-state index contributed by atoms with van der Waals surface area (Å²) in [5, 5.41) is 9.61. The summed E-state index contributed by atoms with van der Waals surface area (Å²) in [6.45, 7) is 0.519. The first-order valence-electron chi connectivity index (χ1n) is 5.83. The van der Waals surface area contributed by atoms with E-state index in [9.17, 15) is 5.11 Å². The second kappa shape index (κ2) is 5.96. The lowest BCUT2D eigenvalue weighted by Crippen LogP contribution is -2.01. The summed E-state index contributed by atoms with van der Waals surface area (Å²) in [6.07, 6.45) is 0.671. The highest BCUT2D eigenvalue weighted by atomic mass is 16.5. The average molecular weight is 244 g/mol. The van der Waals surface area contributed by atoms with Crippen LogP contribution in [0.1, 0.15) is 5.56 Å². The van der Waals surface area contributed by atoms with E-state index in [0.717, 1.165) is 17.1 Å². The van der Waals surface area contributed by atoms with Crippen molar-refractivity contribution in [3.8, 4) is 17.2 Å². The molecule has 0 amide bonds. The zero-order chi connectivity index (χ0) is 12.8. The number of rotatable bonds is 5. The summed E-state index contributed by atoms with van der Waals surface area (Å²) in [5.74, 6) is 1.85. The first-order valence-corrected chi connectivity index (χ1v) is 5.83. The molecule has 0 aliphatic carbocycles. The van der Waals surface area contributed by atoms with Crippen LogP contribution in [0.2, 0.25) is 0 Å². The highest BCUT2D eigenvalue weighted by Crippen LogP contribution is 2.20. The molecule has 0 spiro atoms. The van der Waals surface area contributed by atoms with Gasteiger partial charge in [-0.25, -0.2) is 0 Å². The van der Waals surface area contributed by atoms with Crippen LogP contribution in [0.25, 0.3) is 0 Å². The van der Waals surface area contributed by atoms with Crippen LogP contribution in [0.3, 0.4) is 0 Å². The molecular formula is C15H16O3. The minimum absolute atomic E-state index is 0.312. The third-order valence-electron chi connectivity index (χ3n) is 2.67. The Morgan fingerprint density at radius 3 is 2.56 bits per heavy atom. The molecule has 2 aromatic carbocycles. The van der Waals surface area contributed by atoms with E-state index < -0.39 is 0 Å². The highest BCUT2D eigenvalue weighted by Gasteiger charge is 2.01. The van der Waals surface area contributed by atoms with E-state index in [1.54, 1.807) is 13.2 Å². The highest BCUT2D eigenvalue weighted by molar-refractivity contribution is 5.34. The van der Waals surface area contributed by atoms with Gasteiger partial charge in [0.2, 0.25) is 0 Å². The molecule has 0 aromatic heterocycles. The number of para-hydroxylation sites is 1. The topological polar surface area (TPSA) is 38.7 Å². The van der Waals surface area contributed by atoms with Crippen LogP contribution < -0.4 is 9.47 Å². The standard InChI is InChI=1S/C15H16O3/c1-17-13-6-4-7-14(11-13)18-10-9-12-5-2-3-8-15(12)16/h2-8,11,16H,9-10H2,1H3. The summed E-state index contributed by atoms with van der Waals surface area (Å²) >= 11 is 0. The molecule has 2 rings (SSSR count). The van der Waals surface area contributed by atoms with Gasteiger partial charge in [-0.15, -0.1) is 0 Å². The van der Waals surface area contributed by atoms with E-state index >= 15 is 0 Å². The number of hydrogen-bond acceptors (Lipinski definition) is 3. The number of aromatic hydroxyl groups is 1. The third kappa shape index (κ3) is 3.17. The Kier molecular flexibility index (Phi) is 4.07. The molecule has 0 atom stereocenters. The maximum atomic E-state index is 9.61. The van der Waals surface area contributed by atoms with Gasteiger partial charge in [-0.3, -0.25) is 0 Å². The molecule has 18 heavy (non-hydrogen) atoms. The fraction of sp³-hybridized carbons (Fsp3) is 0.200. The molecule has 0 aliphatic heterocycles. The van der Waals surface area contributed by atoms with Crippen molar-refractivity contribution in [3.63, 3.8) is 0 Å². The van der Waals surface area contributed by atoms with Gasteiger partial charge in [0, 0.05) is 12.5 Å². The predicted molar refractivity (Wildman–Crippen MR) is 70.3 cm³/mol. The maximum absolute atomic E-state index is 9.61. The first-order chi connectivity index (χ1) is 8.79. The molecule has 3 nitrogen and oxygen atoms in total. The van der Waals surface area contributed by atoms with E-state index in [2.05, 4.69) is 0 Å². The van der Waals surface area contributed by atoms with Gasteiger partial charge in [-0.1, -0.05) is 24.3 Å². The monoisotopic (exact) mass is 244 g/mol. The minimum atomic E-state index is 0.312. The fourth-order valence-corrected chi connectivity index (χ4v) is 1.69. The van der Waals surface area contributed by atoms with Gasteiger partial charge in [0.05, 0.1) is 13.7 Å². The van der Waals surface area contributed by atoms with Gasteiger partial charge < -0.3 is 14.6 Å². The Labute approximate surface area is 107 Å². The van der Waals surface area contributed by atoms with Gasteiger partial charge in [0.25, 0.3) is 0 Å². The first kappa shape index (κ1) is 12.3. The molecule has 0 bridgehead atoms. The summed E-state index contributed by atoms with van der Waals surface area (Å²) < 4.78 is 10.7. The molecule has 0 saturated heterocycles. The van der Waals surface area contributed by atoms with E-state index in [-0.39, 0.29) is 0 Å². The van der Waals surface area contributed by atoms with E-state index in [1.165, 1.54) is 0 Å². The van der Waals surface area contributed by atoms with Gasteiger partial charge >= 0.3 is 0 Å². The molecule has 0 fully saturated rings. The average Bonchev–Trinajstić information content (AvgIpc) is 2.41. The number of methoxy groups -OCH3 is 1. The lowest BCUT2D eigenvalue weighted by Gasteiger charge is -2.08. The molecule has 3 heteroatoms. The van der Waals surface area contributed by atoms with E-state index in [4.69, 9.17) is 9.47 Å². The van der Waals surface area contributed by atoms with Crippen molar-refractivity contribution in [2.24, 2.45) is 0 Å². The van der Waals surface area contributed by atoms with Crippen LogP contribution in [-0.2, 0) is 6.42 Å². The van der Waals surface area contributed by atoms with Crippen LogP contribution in [0.4, 0.5) is 0 Å². The Hall–Kier alpha value is -2.16. The van der Waals surface area contributed by atoms with Crippen molar-refractivity contribution >= 4 is 0 Å². The summed E-state index contributed by atoms with van der Waals surface area (Å²) in [6, 6.07) is 14.8. The minimum Gasteiger partial charge on any atom is -0.508 e.